The average Bonchev–Trinajstić information content (AvgIpc) is 3.12. The van der Waals surface area contributed by atoms with Gasteiger partial charge in [0.05, 0.1) is 19.6 Å². The van der Waals surface area contributed by atoms with Gasteiger partial charge in [0.1, 0.15) is 5.75 Å². The second-order valence-corrected chi connectivity index (χ2v) is 6.98. The van der Waals surface area contributed by atoms with E-state index in [0.717, 1.165) is 10.6 Å². The van der Waals surface area contributed by atoms with Crippen LogP contribution in [0.2, 0.25) is 0 Å². The molecule has 0 aliphatic carbocycles. The number of esters is 1. The Kier molecular flexibility index (Phi) is 6.46. The topological polar surface area (TPSA) is 102 Å². The van der Waals surface area contributed by atoms with Crippen molar-refractivity contribution in [1.29, 1.82) is 0 Å². The van der Waals surface area contributed by atoms with Gasteiger partial charge in [-0.3, -0.25) is 29.6 Å². The fourth-order valence-corrected chi connectivity index (χ4v) is 3.08. The zero-order chi connectivity index (χ0) is 21.7. The van der Waals surface area contributed by atoms with Crippen molar-refractivity contribution in [3.05, 3.63) is 65.2 Å². The maximum Gasteiger partial charge on any atom is 0.311 e. The molecule has 0 aromatic heterocycles. The molecule has 3 rings (SSSR count). The van der Waals surface area contributed by atoms with Gasteiger partial charge in [0.25, 0.3) is 5.91 Å². The van der Waals surface area contributed by atoms with E-state index >= 15 is 0 Å². The van der Waals surface area contributed by atoms with Crippen molar-refractivity contribution < 1.29 is 28.7 Å². The number of ether oxygens (including phenoxy) is 2. The van der Waals surface area contributed by atoms with Crippen molar-refractivity contribution in [2.24, 2.45) is 5.92 Å². The third-order valence-corrected chi connectivity index (χ3v) is 4.71. The standard InChI is InChI=1S/C22H22N2O6/c1-14-5-3-7-16(9-14)21(27)23-24-12-17(11-20(24)26)22(28)30-13-19(25)15-6-4-8-18(10-15)29-2/h3-10,17H,11-13H2,1-2H3,(H,23,27)/t17-/m1/s1. The fourth-order valence-electron chi connectivity index (χ4n) is 3.08. The minimum absolute atomic E-state index is 0.0113. The predicted octanol–water partition coefficient (Wildman–Crippen LogP) is 1.92. The van der Waals surface area contributed by atoms with Gasteiger partial charge in [0, 0.05) is 17.5 Å². The van der Waals surface area contributed by atoms with Crippen LogP contribution in [-0.4, -0.2) is 48.8 Å². The van der Waals surface area contributed by atoms with Crippen LogP contribution < -0.4 is 10.2 Å². The molecule has 0 radical (unpaired) electrons. The summed E-state index contributed by atoms with van der Waals surface area (Å²) in [5, 5.41) is 1.11. The molecule has 8 nitrogen and oxygen atoms in total. The minimum Gasteiger partial charge on any atom is -0.497 e. The predicted molar refractivity (Wildman–Crippen MR) is 107 cm³/mol. The molecule has 0 spiro atoms. The van der Waals surface area contributed by atoms with Crippen molar-refractivity contribution in [3.63, 3.8) is 0 Å². The van der Waals surface area contributed by atoms with Crippen molar-refractivity contribution in [1.82, 2.24) is 10.4 Å². The Balaban J connectivity index is 1.53. The summed E-state index contributed by atoms with van der Waals surface area (Å²) in [5.74, 6) is -2.10. The highest BCUT2D eigenvalue weighted by Gasteiger charge is 2.36. The lowest BCUT2D eigenvalue weighted by Crippen LogP contribution is -2.43. The number of nitrogens with one attached hydrogen (secondary N) is 1. The molecule has 2 aromatic carbocycles. The van der Waals surface area contributed by atoms with Crippen LogP contribution in [0.25, 0.3) is 0 Å². The van der Waals surface area contributed by atoms with Gasteiger partial charge >= 0.3 is 5.97 Å². The lowest BCUT2D eigenvalue weighted by molar-refractivity contribution is -0.147. The molecule has 1 saturated heterocycles. The maximum absolute atomic E-state index is 12.3. The smallest absolute Gasteiger partial charge is 0.311 e. The van der Waals surface area contributed by atoms with E-state index in [9.17, 15) is 19.2 Å². The second kappa shape index (κ2) is 9.21. The largest absolute Gasteiger partial charge is 0.497 e. The number of hydrazine groups is 1. The number of Topliss-reactive ketones (excluding diaryl/α,β-unsaturated/α-hetero) is 1. The first kappa shape index (κ1) is 21.0. The average molecular weight is 410 g/mol. The Bertz CT molecular complexity index is 987. The highest BCUT2D eigenvalue weighted by atomic mass is 16.5. The Morgan fingerprint density at radius 2 is 1.83 bits per heavy atom. The fraction of sp³-hybridized carbons (Fsp3) is 0.273. The Labute approximate surface area is 173 Å². The van der Waals surface area contributed by atoms with Crippen molar-refractivity contribution in [3.8, 4) is 5.75 Å². The van der Waals surface area contributed by atoms with Gasteiger partial charge in [-0.25, -0.2) is 0 Å². The van der Waals surface area contributed by atoms with Crippen molar-refractivity contribution in [2.45, 2.75) is 13.3 Å². The van der Waals surface area contributed by atoms with E-state index in [2.05, 4.69) is 5.43 Å². The quantitative estimate of drug-likeness (QED) is 0.553. The number of carbonyl (C=O) groups is 4. The number of nitrogens with zero attached hydrogens (tertiary/aromatic N) is 1. The van der Waals surface area contributed by atoms with Gasteiger partial charge in [0.15, 0.2) is 12.4 Å². The van der Waals surface area contributed by atoms with Gasteiger partial charge in [-0.1, -0.05) is 29.8 Å². The second-order valence-electron chi connectivity index (χ2n) is 6.98. The summed E-state index contributed by atoms with van der Waals surface area (Å²) in [6.07, 6.45) is -0.0969. The monoisotopic (exact) mass is 410 g/mol. The number of hydrogen-bond acceptors (Lipinski definition) is 6. The summed E-state index contributed by atoms with van der Waals surface area (Å²) in [6, 6.07) is 13.5. The van der Waals surface area contributed by atoms with Crippen LogP contribution in [0.4, 0.5) is 0 Å². The zero-order valence-corrected chi connectivity index (χ0v) is 16.7. The maximum atomic E-state index is 12.3. The van der Waals surface area contributed by atoms with E-state index in [4.69, 9.17) is 9.47 Å². The molecule has 1 heterocycles. The van der Waals surface area contributed by atoms with Gasteiger partial charge < -0.3 is 9.47 Å². The molecular weight excluding hydrogens is 388 g/mol. The summed E-state index contributed by atoms with van der Waals surface area (Å²) in [5.41, 5.74) is 4.20. The van der Waals surface area contributed by atoms with Gasteiger partial charge in [-0.05, 0) is 31.2 Å². The molecule has 1 aliphatic heterocycles. The Morgan fingerprint density at radius 3 is 2.57 bits per heavy atom. The molecule has 1 atom stereocenters. The normalized spacial score (nSPS) is 15.6. The minimum atomic E-state index is -0.756. The number of benzene rings is 2. The Morgan fingerprint density at radius 1 is 1.10 bits per heavy atom. The molecule has 2 aromatic rings. The van der Waals surface area contributed by atoms with Crippen LogP contribution in [-0.2, 0) is 14.3 Å². The van der Waals surface area contributed by atoms with E-state index in [1.165, 1.54) is 7.11 Å². The lowest BCUT2D eigenvalue weighted by Gasteiger charge is -2.17. The third-order valence-electron chi connectivity index (χ3n) is 4.71. The number of ketones is 1. The highest BCUT2D eigenvalue weighted by molar-refractivity contribution is 5.99. The van der Waals surface area contributed by atoms with E-state index in [0.29, 0.717) is 16.9 Å². The van der Waals surface area contributed by atoms with Gasteiger partial charge in [-0.2, -0.15) is 0 Å². The van der Waals surface area contributed by atoms with Gasteiger partial charge in [0.2, 0.25) is 5.91 Å². The Hall–Kier alpha value is -3.68. The molecular formula is C22H22N2O6. The molecule has 1 N–H and O–H groups in total. The SMILES string of the molecule is COc1cccc(C(=O)COC(=O)[C@@H]2CC(=O)N(NC(=O)c3cccc(C)c3)C2)c1. The van der Waals surface area contributed by atoms with E-state index in [1.54, 1.807) is 42.5 Å². The number of rotatable bonds is 7. The van der Waals surface area contributed by atoms with Gasteiger partial charge in [-0.15, -0.1) is 0 Å². The number of carbonyl (C=O) groups excluding carboxylic acids is 4. The summed E-state index contributed by atoms with van der Waals surface area (Å²) in [7, 11) is 1.49. The molecule has 2 amide bonds. The summed E-state index contributed by atoms with van der Waals surface area (Å²) >= 11 is 0. The first-order valence-corrected chi connectivity index (χ1v) is 9.39. The molecule has 8 heteroatoms. The molecule has 0 bridgehead atoms. The first-order chi connectivity index (χ1) is 14.4. The van der Waals surface area contributed by atoms with Crippen LogP contribution in [0.3, 0.4) is 0 Å². The molecule has 0 unspecified atom stereocenters. The van der Waals surface area contributed by atoms with E-state index in [-0.39, 0.29) is 18.7 Å². The molecule has 156 valence electrons. The summed E-state index contributed by atoms with van der Waals surface area (Å²) in [6.45, 7) is 1.41. The van der Waals surface area contributed by atoms with Crippen molar-refractivity contribution in [2.75, 3.05) is 20.3 Å². The molecule has 1 fully saturated rings. The number of hydrogen-bond donors (Lipinski definition) is 1. The molecule has 0 saturated carbocycles. The lowest BCUT2D eigenvalue weighted by atomic mass is 10.1. The van der Waals surface area contributed by atoms with Crippen LogP contribution in [0.1, 0.15) is 32.7 Å². The molecule has 1 aliphatic rings. The van der Waals surface area contributed by atoms with Crippen LogP contribution in [0, 0.1) is 12.8 Å². The first-order valence-electron chi connectivity index (χ1n) is 9.39. The molecule has 30 heavy (non-hydrogen) atoms. The zero-order valence-electron chi connectivity index (χ0n) is 16.7. The number of amides is 2. The number of methoxy groups -OCH3 is 1. The number of aryl methyl sites for hydroxylation is 1. The van der Waals surface area contributed by atoms with Crippen LogP contribution in [0.15, 0.2) is 48.5 Å². The van der Waals surface area contributed by atoms with Crippen molar-refractivity contribution >= 4 is 23.6 Å². The van der Waals surface area contributed by atoms with E-state index in [1.807, 2.05) is 13.0 Å². The summed E-state index contributed by atoms with van der Waals surface area (Å²) < 4.78 is 10.2. The third kappa shape index (κ3) is 5.02. The summed E-state index contributed by atoms with van der Waals surface area (Å²) in [4.78, 5) is 49.0. The van der Waals surface area contributed by atoms with Crippen LogP contribution in [0.5, 0.6) is 5.75 Å². The highest BCUT2D eigenvalue weighted by Crippen LogP contribution is 2.19. The van der Waals surface area contributed by atoms with E-state index < -0.39 is 30.3 Å². The van der Waals surface area contributed by atoms with Crippen LogP contribution >= 0.6 is 0 Å².